The van der Waals surface area contributed by atoms with Crippen LogP contribution in [0.15, 0.2) is 30.3 Å². The number of anilines is 1. The van der Waals surface area contributed by atoms with Crippen LogP contribution in [-0.2, 0) is 28.9 Å². The van der Waals surface area contributed by atoms with Crippen LogP contribution in [-0.4, -0.2) is 44.5 Å². The number of aryl methyl sites for hydroxylation is 1. The van der Waals surface area contributed by atoms with E-state index in [1.165, 1.54) is 28.2 Å². The summed E-state index contributed by atoms with van der Waals surface area (Å²) in [4.78, 5) is 30.2. The number of likely N-dealkylation sites (N-methyl/N-ethyl adjacent to an activating group) is 1. The molecule has 1 heterocycles. The molecule has 1 aromatic heterocycles. The number of hydrogen-bond donors (Lipinski definition) is 0. The van der Waals surface area contributed by atoms with Crippen molar-refractivity contribution in [2.45, 2.75) is 32.7 Å². The van der Waals surface area contributed by atoms with E-state index >= 15 is 0 Å². The lowest BCUT2D eigenvalue weighted by molar-refractivity contribution is -0.133. The summed E-state index contributed by atoms with van der Waals surface area (Å²) in [7, 11) is 5.70. The van der Waals surface area contributed by atoms with Gasteiger partial charge < -0.3 is 14.5 Å². The summed E-state index contributed by atoms with van der Waals surface area (Å²) in [6, 6.07) is 9.99. The molecule has 150 valence electrons. The predicted molar refractivity (Wildman–Crippen MR) is 113 cm³/mol. The van der Waals surface area contributed by atoms with Gasteiger partial charge >= 0.3 is 5.97 Å². The van der Waals surface area contributed by atoms with Crippen molar-refractivity contribution in [1.29, 1.82) is 0 Å². The number of rotatable bonds is 6. The molecular weight excluding hydrogens is 372 g/mol. The molecule has 1 aliphatic rings. The highest BCUT2D eigenvalue weighted by Crippen LogP contribution is 2.32. The number of benzene rings is 1. The predicted octanol–water partition coefficient (Wildman–Crippen LogP) is 3.75. The van der Waals surface area contributed by atoms with E-state index in [-0.39, 0.29) is 12.5 Å². The molecule has 5 nitrogen and oxygen atoms in total. The fraction of sp³-hybridized carbons (Fsp3) is 0.455. The zero-order valence-electron chi connectivity index (χ0n) is 17.0. The SMILES string of the molecule is C[C@@H]1CCc2sc(C(=O)OCC(=O)N(C)Cc3ccc(N(C)C)cc3)cc2C1. The number of amides is 1. The van der Waals surface area contributed by atoms with Crippen LogP contribution >= 0.6 is 11.3 Å². The Labute approximate surface area is 170 Å². The largest absolute Gasteiger partial charge is 0.451 e. The second-order valence-corrected chi connectivity index (χ2v) is 8.93. The van der Waals surface area contributed by atoms with Crippen LogP contribution in [0.4, 0.5) is 5.69 Å². The van der Waals surface area contributed by atoms with E-state index < -0.39 is 5.97 Å². The molecule has 0 saturated carbocycles. The Morgan fingerprint density at radius 2 is 1.89 bits per heavy atom. The van der Waals surface area contributed by atoms with Gasteiger partial charge in [-0.15, -0.1) is 11.3 Å². The van der Waals surface area contributed by atoms with Crippen LogP contribution in [0.3, 0.4) is 0 Å². The van der Waals surface area contributed by atoms with Gasteiger partial charge in [0, 0.05) is 38.3 Å². The van der Waals surface area contributed by atoms with Crippen LogP contribution in [0.5, 0.6) is 0 Å². The summed E-state index contributed by atoms with van der Waals surface area (Å²) < 4.78 is 5.28. The van der Waals surface area contributed by atoms with Crippen molar-refractivity contribution in [1.82, 2.24) is 4.90 Å². The molecule has 0 aliphatic heterocycles. The third-order valence-corrected chi connectivity index (χ3v) is 6.37. The fourth-order valence-electron chi connectivity index (χ4n) is 3.38. The minimum Gasteiger partial charge on any atom is -0.451 e. The molecule has 2 aromatic rings. The van der Waals surface area contributed by atoms with Gasteiger partial charge in [-0.2, -0.15) is 0 Å². The fourth-order valence-corrected chi connectivity index (χ4v) is 4.48. The van der Waals surface area contributed by atoms with Crippen molar-refractivity contribution >= 4 is 28.9 Å². The average molecular weight is 401 g/mol. The first-order chi connectivity index (χ1) is 13.3. The van der Waals surface area contributed by atoms with Gasteiger partial charge in [-0.25, -0.2) is 4.79 Å². The standard InChI is InChI=1S/C22H28N2O3S/c1-15-5-10-19-17(11-15)12-20(28-19)22(26)27-14-21(25)24(4)13-16-6-8-18(9-7-16)23(2)3/h6-9,12,15H,5,10-11,13-14H2,1-4H3/t15-/m1/s1. The minimum absolute atomic E-state index is 0.208. The number of ether oxygens (including phenoxy) is 1. The van der Waals surface area contributed by atoms with E-state index in [9.17, 15) is 9.59 Å². The van der Waals surface area contributed by atoms with Crippen molar-refractivity contribution in [2.75, 3.05) is 32.6 Å². The average Bonchev–Trinajstić information content (AvgIpc) is 3.09. The van der Waals surface area contributed by atoms with Gasteiger partial charge in [0.15, 0.2) is 6.61 Å². The topological polar surface area (TPSA) is 49.9 Å². The Morgan fingerprint density at radius 3 is 2.57 bits per heavy atom. The lowest BCUT2D eigenvalue weighted by Gasteiger charge is -2.18. The van der Waals surface area contributed by atoms with Gasteiger partial charge in [0.2, 0.25) is 0 Å². The van der Waals surface area contributed by atoms with Gasteiger partial charge in [0.05, 0.1) is 0 Å². The number of esters is 1. The van der Waals surface area contributed by atoms with Gasteiger partial charge in [-0.3, -0.25) is 4.79 Å². The van der Waals surface area contributed by atoms with Crippen LogP contribution in [0.2, 0.25) is 0 Å². The molecule has 0 unspecified atom stereocenters. The second kappa shape index (κ2) is 8.78. The molecule has 0 radical (unpaired) electrons. The van der Waals surface area contributed by atoms with E-state index in [0.29, 0.717) is 17.3 Å². The highest BCUT2D eigenvalue weighted by atomic mass is 32.1. The molecule has 1 amide bonds. The summed E-state index contributed by atoms with van der Waals surface area (Å²) in [5.41, 5.74) is 3.41. The summed E-state index contributed by atoms with van der Waals surface area (Å²) >= 11 is 1.51. The maximum atomic E-state index is 12.3. The van der Waals surface area contributed by atoms with Crippen molar-refractivity contribution in [3.8, 4) is 0 Å². The molecule has 0 spiro atoms. The maximum absolute atomic E-state index is 12.3. The summed E-state index contributed by atoms with van der Waals surface area (Å²) in [6.07, 6.45) is 3.22. The number of carbonyl (C=O) groups excluding carboxylic acids is 2. The molecule has 0 bridgehead atoms. The molecule has 0 saturated heterocycles. The molecule has 6 heteroatoms. The third kappa shape index (κ3) is 4.93. The lowest BCUT2D eigenvalue weighted by atomic mass is 9.90. The number of nitrogens with zero attached hydrogens (tertiary/aromatic N) is 2. The minimum atomic E-state index is -0.399. The van der Waals surface area contributed by atoms with Crippen LogP contribution in [0, 0.1) is 5.92 Å². The molecule has 0 fully saturated rings. The van der Waals surface area contributed by atoms with E-state index in [1.807, 2.05) is 49.3 Å². The maximum Gasteiger partial charge on any atom is 0.348 e. The van der Waals surface area contributed by atoms with Gasteiger partial charge in [0.25, 0.3) is 5.91 Å². The lowest BCUT2D eigenvalue weighted by Crippen LogP contribution is -2.30. The molecule has 3 rings (SSSR count). The zero-order valence-corrected chi connectivity index (χ0v) is 17.8. The van der Waals surface area contributed by atoms with Crippen LogP contribution in [0.25, 0.3) is 0 Å². The second-order valence-electron chi connectivity index (χ2n) is 7.79. The number of carbonyl (C=O) groups is 2. The number of thiophene rings is 1. The van der Waals surface area contributed by atoms with Crippen molar-refractivity contribution < 1.29 is 14.3 Å². The highest BCUT2D eigenvalue weighted by molar-refractivity contribution is 7.14. The van der Waals surface area contributed by atoms with Gasteiger partial charge in [-0.1, -0.05) is 19.1 Å². The van der Waals surface area contributed by atoms with Crippen molar-refractivity contribution in [2.24, 2.45) is 5.92 Å². The molecule has 1 aromatic carbocycles. The number of fused-ring (bicyclic) bond motifs is 1. The van der Waals surface area contributed by atoms with Gasteiger partial charge in [-0.05, 0) is 54.5 Å². The Balaban J connectivity index is 1.51. The van der Waals surface area contributed by atoms with E-state index in [2.05, 4.69) is 6.92 Å². The third-order valence-electron chi connectivity index (χ3n) is 5.16. The van der Waals surface area contributed by atoms with E-state index in [4.69, 9.17) is 4.74 Å². The molecule has 28 heavy (non-hydrogen) atoms. The summed E-state index contributed by atoms with van der Waals surface area (Å²) in [5.74, 6) is 0.0529. The summed E-state index contributed by atoms with van der Waals surface area (Å²) in [6.45, 7) is 2.49. The van der Waals surface area contributed by atoms with E-state index in [1.54, 1.807) is 11.9 Å². The summed E-state index contributed by atoms with van der Waals surface area (Å²) in [5, 5.41) is 0. The Hall–Kier alpha value is -2.34. The zero-order chi connectivity index (χ0) is 20.3. The van der Waals surface area contributed by atoms with Crippen molar-refractivity contribution in [3.63, 3.8) is 0 Å². The molecule has 1 atom stereocenters. The Bertz CT molecular complexity index is 842. The van der Waals surface area contributed by atoms with Crippen LogP contribution in [0.1, 0.15) is 39.0 Å². The molecule has 0 N–H and O–H groups in total. The Morgan fingerprint density at radius 1 is 1.18 bits per heavy atom. The normalized spacial score (nSPS) is 15.6. The van der Waals surface area contributed by atoms with Gasteiger partial charge in [0.1, 0.15) is 4.88 Å². The monoisotopic (exact) mass is 400 g/mol. The smallest absolute Gasteiger partial charge is 0.348 e. The van der Waals surface area contributed by atoms with Crippen LogP contribution < -0.4 is 4.90 Å². The van der Waals surface area contributed by atoms with Crippen molar-refractivity contribution in [3.05, 3.63) is 51.2 Å². The first-order valence-corrected chi connectivity index (χ1v) is 10.4. The van der Waals surface area contributed by atoms with E-state index in [0.717, 1.165) is 24.1 Å². The number of hydrogen-bond acceptors (Lipinski definition) is 5. The molecule has 1 aliphatic carbocycles. The molecular formula is C22H28N2O3S. The highest BCUT2D eigenvalue weighted by Gasteiger charge is 2.22. The quantitative estimate of drug-likeness (QED) is 0.693. The Kier molecular flexibility index (Phi) is 6.39. The first kappa shape index (κ1) is 20.4. The first-order valence-electron chi connectivity index (χ1n) is 9.62.